The molecule has 1 spiro atoms. The van der Waals surface area contributed by atoms with Gasteiger partial charge >= 0.3 is 0 Å². The van der Waals surface area contributed by atoms with Crippen molar-refractivity contribution in [1.82, 2.24) is 14.8 Å². The van der Waals surface area contributed by atoms with Crippen LogP contribution >= 0.6 is 0 Å². The highest BCUT2D eigenvalue weighted by Gasteiger charge is 2.45. The number of pyridine rings is 1. The highest BCUT2D eigenvalue weighted by atomic mass is 16.3. The van der Waals surface area contributed by atoms with Gasteiger partial charge in [0.05, 0.1) is 17.4 Å². The number of amides is 1. The van der Waals surface area contributed by atoms with Crippen molar-refractivity contribution >= 4 is 5.91 Å². The van der Waals surface area contributed by atoms with Crippen LogP contribution in [0.25, 0.3) is 0 Å². The number of aromatic nitrogens is 1. The Bertz CT molecular complexity index is 1100. The monoisotopic (exact) mass is 501 g/mol. The Morgan fingerprint density at radius 2 is 1.76 bits per heavy atom. The number of fused-ring (bicyclic) bond motifs is 3. The Kier molecular flexibility index (Phi) is 7.36. The molecule has 4 aliphatic rings. The minimum Gasteiger partial charge on any atom is -0.390 e. The number of hydrogen-bond donors (Lipinski definition) is 1. The third-order valence-electron chi connectivity index (χ3n) is 9.63. The average molecular weight is 502 g/mol. The quantitative estimate of drug-likeness (QED) is 0.585. The fourth-order valence-corrected chi connectivity index (χ4v) is 7.70. The van der Waals surface area contributed by atoms with Gasteiger partial charge in [0, 0.05) is 44.3 Å². The van der Waals surface area contributed by atoms with Crippen molar-refractivity contribution in [2.24, 2.45) is 5.92 Å². The van der Waals surface area contributed by atoms with E-state index in [2.05, 4.69) is 41.4 Å². The number of hydrogen-bond acceptors (Lipinski definition) is 4. The van der Waals surface area contributed by atoms with E-state index >= 15 is 0 Å². The van der Waals surface area contributed by atoms with Crippen LogP contribution in [0.15, 0.2) is 36.5 Å². The molecular weight excluding hydrogens is 458 g/mol. The molecule has 198 valence electrons. The van der Waals surface area contributed by atoms with Crippen LogP contribution in [-0.4, -0.2) is 58.1 Å². The van der Waals surface area contributed by atoms with E-state index in [9.17, 15) is 9.90 Å². The summed E-state index contributed by atoms with van der Waals surface area (Å²) in [6.07, 6.45) is 16.1. The Labute approximate surface area is 222 Å². The molecule has 1 aromatic carbocycles. The second-order valence-electron chi connectivity index (χ2n) is 12.4. The average Bonchev–Trinajstić information content (AvgIpc) is 2.92. The first-order valence-corrected chi connectivity index (χ1v) is 14.9. The van der Waals surface area contributed by atoms with Crippen molar-refractivity contribution in [3.63, 3.8) is 0 Å². The van der Waals surface area contributed by atoms with E-state index in [4.69, 9.17) is 4.98 Å². The summed E-state index contributed by atoms with van der Waals surface area (Å²) in [4.78, 5) is 23.2. The first kappa shape index (κ1) is 25.1. The minimum absolute atomic E-state index is 0.0470. The topological polar surface area (TPSA) is 56.7 Å². The zero-order valence-electron chi connectivity index (χ0n) is 22.3. The lowest BCUT2D eigenvalue weighted by atomic mass is 9.68. The molecule has 1 unspecified atom stereocenters. The molecule has 2 fully saturated rings. The number of aliphatic hydroxyl groups excluding tert-OH is 1. The number of benzene rings is 1. The van der Waals surface area contributed by atoms with Crippen LogP contribution in [0.2, 0.25) is 0 Å². The van der Waals surface area contributed by atoms with Gasteiger partial charge in [0.25, 0.3) is 5.91 Å². The number of nitrogens with zero attached hydrogens (tertiary/aromatic N) is 3. The number of carbonyl (C=O) groups is 1. The number of carbonyl (C=O) groups excluding carboxylic acids is 1. The summed E-state index contributed by atoms with van der Waals surface area (Å²) in [5.41, 5.74) is 5.82. The maximum atomic E-state index is 13.8. The molecule has 1 aromatic heterocycles. The molecule has 6 rings (SSSR count). The van der Waals surface area contributed by atoms with Crippen LogP contribution in [0.1, 0.15) is 97.0 Å². The van der Waals surface area contributed by atoms with E-state index in [0.29, 0.717) is 19.6 Å². The van der Waals surface area contributed by atoms with Gasteiger partial charge in [-0.15, -0.1) is 0 Å². The summed E-state index contributed by atoms with van der Waals surface area (Å²) in [7, 11) is 0. The molecule has 5 heteroatoms. The van der Waals surface area contributed by atoms with Gasteiger partial charge in [0.1, 0.15) is 0 Å². The summed E-state index contributed by atoms with van der Waals surface area (Å²) < 4.78 is 0. The second-order valence-corrected chi connectivity index (χ2v) is 12.4. The van der Waals surface area contributed by atoms with E-state index in [1.165, 1.54) is 68.1 Å². The fraction of sp³-hybridized carbons (Fsp3) is 0.625. The Hall–Kier alpha value is -2.24. The van der Waals surface area contributed by atoms with Crippen molar-refractivity contribution in [1.29, 1.82) is 0 Å². The lowest BCUT2D eigenvalue weighted by Gasteiger charge is -2.46. The standard InChI is InChI=1S/C32H43N3O2/c36-28(21-34-16-13-26-11-5-6-12-27(26)20-34)22-35-23-32(14-7-2-8-15-32)30-29(31(35)37)18-25(19-33-30)17-24-9-3-1-4-10-24/h5-6,11-12,18-19,24,28,36H,1-4,7-10,13-17,20-23H2. The van der Waals surface area contributed by atoms with Crippen LogP contribution in [0.3, 0.4) is 0 Å². The van der Waals surface area contributed by atoms with Gasteiger partial charge in [-0.1, -0.05) is 75.6 Å². The smallest absolute Gasteiger partial charge is 0.255 e. The van der Waals surface area contributed by atoms with Gasteiger partial charge in [-0.2, -0.15) is 0 Å². The van der Waals surface area contributed by atoms with Crippen molar-refractivity contribution in [2.45, 2.75) is 95.1 Å². The van der Waals surface area contributed by atoms with Gasteiger partial charge < -0.3 is 10.0 Å². The Morgan fingerprint density at radius 1 is 1.00 bits per heavy atom. The molecule has 1 atom stereocenters. The van der Waals surface area contributed by atoms with Crippen molar-refractivity contribution in [3.8, 4) is 0 Å². The zero-order chi connectivity index (χ0) is 25.2. The Balaban J connectivity index is 1.19. The molecular formula is C32H43N3O2. The number of rotatable bonds is 6. The van der Waals surface area contributed by atoms with Crippen molar-refractivity contribution in [3.05, 3.63) is 64.5 Å². The fourth-order valence-electron chi connectivity index (χ4n) is 7.70. The first-order valence-electron chi connectivity index (χ1n) is 14.9. The highest BCUT2D eigenvalue weighted by molar-refractivity contribution is 5.97. The summed E-state index contributed by atoms with van der Waals surface area (Å²) in [5.74, 6) is 0.802. The molecule has 1 amide bonds. The van der Waals surface area contributed by atoms with E-state index < -0.39 is 6.10 Å². The van der Waals surface area contributed by atoms with E-state index in [1.54, 1.807) is 0 Å². The minimum atomic E-state index is -0.546. The molecule has 3 heterocycles. The summed E-state index contributed by atoms with van der Waals surface area (Å²) in [6, 6.07) is 10.8. The van der Waals surface area contributed by atoms with Crippen LogP contribution < -0.4 is 0 Å². The van der Waals surface area contributed by atoms with E-state index in [0.717, 1.165) is 55.9 Å². The summed E-state index contributed by atoms with van der Waals surface area (Å²) in [6.45, 7) is 3.56. The molecule has 5 nitrogen and oxygen atoms in total. The van der Waals surface area contributed by atoms with Gasteiger partial charge in [-0.25, -0.2) is 0 Å². The van der Waals surface area contributed by atoms with Crippen LogP contribution in [0.4, 0.5) is 0 Å². The molecule has 2 aromatic rings. The SMILES string of the molecule is O=C1c2cc(CC3CCCCC3)cnc2C2(CCCCC2)CN1CC(O)CN1CCc2ccccc2C1. The molecule has 0 bridgehead atoms. The lowest BCUT2D eigenvalue weighted by molar-refractivity contribution is 0.0369. The third-order valence-corrected chi connectivity index (χ3v) is 9.63. The van der Waals surface area contributed by atoms with Gasteiger partial charge in [-0.05, 0) is 54.4 Å². The molecule has 2 aliphatic heterocycles. The van der Waals surface area contributed by atoms with Crippen LogP contribution in [0.5, 0.6) is 0 Å². The lowest BCUT2D eigenvalue weighted by Crippen LogP contribution is -2.54. The van der Waals surface area contributed by atoms with Crippen molar-refractivity contribution < 1.29 is 9.90 Å². The van der Waals surface area contributed by atoms with Gasteiger partial charge in [0.15, 0.2) is 0 Å². The molecule has 2 aliphatic carbocycles. The summed E-state index contributed by atoms with van der Waals surface area (Å²) in [5, 5.41) is 11.2. The maximum absolute atomic E-state index is 13.8. The largest absolute Gasteiger partial charge is 0.390 e. The van der Waals surface area contributed by atoms with Gasteiger partial charge in [-0.3, -0.25) is 14.7 Å². The maximum Gasteiger partial charge on any atom is 0.255 e. The second kappa shape index (κ2) is 10.9. The van der Waals surface area contributed by atoms with Crippen LogP contribution in [0, 0.1) is 5.92 Å². The van der Waals surface area contributed by atoms with Gasteiger partial charge in [0.2, 0.25) is 0 Å². The van der Waals surface area contributed by atoms with Crippen LogP contribution in [-0.2, 0) is 24.8 Å². The number of β-amino-alcohol motifs (C(OH)–C–C–N with tert-alkyl or cyclic N) is 1. The zero-order valence-corrected chi connectivity index (χ0v) is 22.3. The van der Waals surface area contributed by atoms with E-state index in [-0.39, 0.29) is 11.3 Å². The first-order chi connectivity index (χ1) is 18.1. The molecule has 2 saturated carbocycles. The number of aliphatic hydroxyl groups is 1. The molecule has 37 heavy (non-hydrogen) atoms. The predicted octanol–water partition coefficient (Wildman–Crippen LogP) is 5.28. The van der Waals surface area contributed by atoms with Crippen molar-refractivity contribution in [2.75, 3.05) is 26.2 Å². The van der Waals surface area contributed by atoms with E-state index in [1.807, 2.05) is 4.90 Å². The molecule has 0 radical (unpaired) electrons. The molecule has 1 N–H and O–H groups in total. The summed E-state index contributed by atoms with van der Waals surface area (Å²) >= 11 is 0. The Morgan fingerprint density at radius 3 is 2.57 bits per heavy atom. The normalized spacial score (nSPS) is 23.1. The molecule has 0 saturated heterocycles. The predicted molar refractivity (Wildman–Crippen MR) is 147 cm³/mol. The highest BCUT2D eigenvalue weighted by Crippen LogP contribution is 2.44. The third kappa shape index (κ3) is 5.35.